The Balaban J connectivity index is 1.75. The molecule has 1 saturated heterocycles. The molecule has 0 unspecified atom stereocenters. The molecular weight excluding hydrogens is 282 g/mol. The molecule has 1 aliphatic rings. The molecule has 2 rings (SSSR count). The number of methoxy groups -OCH3 is 1. The van der Waals surface area contributed by atoms with E-state index in [0.717, 1.165) is 25.1 Å². The summed E-state index contributed by atoms with van der Waals surface area (Å²) >= 11 is 0. The highest BCUT2D eigenvalue weighted by atomic mass is 16.5. The lowest BCUT2D eigenvalue weighted by Crippen LogP contribution is -2.44. The van der Waals surface area contributed by atoms with Crippen molar-refractivity contribution < 1.29 is 14.3 Å². The molecule has 2 amide bonds. The molecule has 0 aliphatic carbocycles. The van der Waals surface area contributed by atoms with Gasteiger partial charge in [-0.2, -0.15) is 0 Å². The Hall–Kier alpha value is -1.82. The number of nitrogens with one attached hydrogen (secondary N) is 1. The van der Waals surface area contributed by atoms with Gasteiger partial charge >= 0.3 is 6.03 Å². The topological polar surface area (TPSA) is 63.7 Å². The van der Waals surface area contributed by atoms with Crippen LogP contribution in [0.2, 0.25) is 0 Å². The van der Waals surface area contributed by atoms with Gasteiger partial charge in [-0.3, -0.25) is 0 Å². The number of urea groups is 1. The van der Waals surface area contributed by atoms with E-state index in [1.807, 2.05) is 11.0 Å². The van der Waals surface area contributed by atoms with Gasteiger partial charge in [0.2, 0.25) is 5.88 Å². The molecule has 1 atom stereocenters. The maximum Gasteiger partial charge on any atom is 0.317 e. The number of ether oxygens (including phenoxy) is 2. The second kappa shape index (κ2) is 8.58. The van der Waals surface area contributed by atoms with Crippen LogP contribution in [-0.4, -0.2) is 49.3 Å². The first-order chi connectivity index (χ1) is 10.7. The number of rotatable bonds is 6. The molecule has 0 bridgehead atoms. The average molecular weight is 307 g/mol. The summed E-state index contributed by atoms with van der Waals surface area (Å²) in [6.45, 7) is 5.37. The van der Waals surface area contributed by atoms with Gasteiger partial charge in [-0.05, 0) is 24.3 Å². The Morgan fingerprint density at radius 3 is 3.00 bits per heavy atom. The summed E-state index contributed by atoms with van der Waals surface area (Å²) < 4.78 is 10.3. The Labute approximate surface area is 131 Å². The summed E-state index contributed by atoms with van der Waals surface area (Å²) in [5, 5.41) is 2.95. The lowest BCUT2D eigenvalue weighted by atomic mass is 10.0. The van der Waals surface area contributed by atoms with Crippen molar-refractivity contribution in [2.45, 2.75) is 26.3 Å². The van der Waals surface area contributed by atoms with Crippen LogP contribution in [0.25, 0.3) is 0 Å². The van der Waals surface area contributed by atoms with Crippen LogP contribution < -0.4 is 10.1 Å². The van der Waals surface area contributed by atoms with E-state index in [2.05, 4.69) is 17.2 Å². The fourth-order valence-electron chi connectivity index (χ4n) is 2.49. The normalized spacial score (nSPS) is 18.1. The van der Waals surface area contributed by atoms with Crippen LogP contribution >= 0.6 is 0 Å². The lowest BCUT2D eigenvalue weighted by molar-refractivity contribution is 0.143. The summed E-state index contributed by atoms with van der Waals surface area (Å²) in [6, 6.07) is 3.72. The van der Waals surface area contributed by atoms with Gasteiger partial charge in [-0.1, -0.05) is 13.0 Å². The van der Waals surface area contributed by atoms with Crippen molar-refractivity contribution in [2.75, 3.05) is 33.4 Å². The Kier molecular flexibility index (Phi) is 6.45. The summed E-state index contributed by atoms with van der Waals surface area (Å²) in [7, 11) is 1.63. The van der Waals surface area contributed by atoms with E-state index in [1.165, 1.54) is 6.42 Å². The van der Waals surface area contributed by atoms with E-state index in [-0.39, 0.29) is 6.03 Å². The zero-order valence-corrected chi connectivity index (χ0v) is 13.4. The van der Waals surface area contributed by atoms with Crippen molar-refractivity contribution in [3.05, 3.63) is 23.9 Å². The molecule has 1 aromatic heterocycles. The molecule has 122 valence electrons. The van der Waals surface area contributed by atoms with Gasteiger partial charge in [-0.15, -0.1) is 0 Å². The number of pyridine rings is 1. The van der Waals surface area contributed by atoms with Gasteiger partial charge in [0.15, 0.2) is 0 Å². The maximum atomic E-state index is 12.1. The first-order valence-electron chi connectivity index (χ1n) is 7.78. The molecule has 1 N–H and O–H groups in total. The van der Waals surface area contributed by atoms with Crippen molar-refractivity contribution in [2.24, 2.45) is 5.92 Å². The highest BCUT2D eigenvalue weighted by molar-refractivity contribution is 5.74. The van der Waals surface area contributed by atoms with Crippen LogP contribution in [0.4, 0.5) is 4.79 Å². The van der Waals surface area contributed by atoms with E-state index < -0.39 is 0 Å². The molecule has 0 spiro atoms. The Morgan fingerprint density at radius 1 is 1.45 bits per heavy atom. The Morgan fingerprint density at radius 2 is 2.32 bits per heavy atom. The minimum atomic E-state index is 0.00645. The first-order valence-corrected chi connectivity index (χ1v) is 7.78. The Bertz CT molecular complexity index is 464. The number of nitrogens with zero attached hydrogens (tertiary/aromatic N) is 2. The second-order valence-corrected chi connectivity index (χ2v) is 5.70. The third-order valence-electron chi connectivity index (χ3n) is 3.72. The van der Waals surface area contributed by atoms with Crippen molar-refractivity contribution in [1.29, 1.82) is 0 Å². The molecule has 1 aromatic rings. The monoisotopic (exact) mass is 307 g/mol. The van der Waals surface area contributed by atoms with Gasteiger partial charge in [0.1, 0.15) is 6.61 Å². The number of amides is 2. The fraction of sp³-hybridized carbons (Fsp3) is 0.625. The molecular formula is C16H25N3O3. The number of carbonyl (C=O) groups excluding carboxylic acids is 1. The SMILES string of the molecule is COCCOc1ccc(CNC(=O)N2CCC[C@@H](C)C2)cn1. The molecule has 0 radical (unpaired) electrons. The van der Waals surface area contributed by atoms with Gasteiger partial charge in [0, 0.05) is 39.0 Å². The van der Waals surface area contributed by atoms with E-state index in [1.54, 1.807) is 19.4 Å². The zero-order chi connectivity index (χ0) is 15.8. The van der Waals surface area contributed by atoms with Crippen molar-refractivity contribution in [3.63, 3.8) is 0 Å². The minimum Gasteiger partial charge on any atom is -0.475 e. The van der Waals surface area contributed by atoms with Gasteiger partial charge < -0.3 is 19.7 Å². The standard InChI is InChI=1S/C16H25N3O3/c1-13-4-3-7-19(12-13)16(20)18-11-14-5-6-15(17-10-14)22-9-8-21-2/h5-6,10,13H,3-4,7-9,11-12H2,1-2H3,(H,18,20)/t13-/m1/s1. The van der Waals surface area contributed by atoms with Crippen molar-refractivity contribution >= 4 is 6.03 Å². The molecule has 1 aliphatic heterocycles. The van der Waals surface area contributed by atoms with E-state index in [9.17, 15) is 4.79 Å². The number of piperidine rings is 1. The third kappa shape index (κ3) is 5.18. The van der Waals surface area contributed by atoms with Crippen molar-refractivity contribution in [1.82, 2.24) is 15.2 Å². The van der Waals surface area contributed by atoms with Gasteiger partial charge in [-0.25, -0.2) is 9.78 Å². The van der Waals surface area contributed by atoms with Crippen LogP contribution in [0.1, 0.15) is 25.3 Å². The second-order valence-electron chi connectivity index (χ2n) is 5.70. The van der Waals surface area contributed by atoms with Crippen LogP contribution in [-0.2, 0) is 11.3 Å². The molecule has 2 heterocycles. The number of aromatic nitrogens is 1. The minimum absolute atomic E-state index is 0.00645. The smallest absolute Gasteiger partial charge is 0.317 e. The van der Waals surface area contributed by atoms with Gasteiger partial charge in [0.05, 0.1) is 6.61 Å². The molecule has 1 fully saturated rings. The van der Waals surface area contributed by atoms with Crippen LogP contribution in [0.5, 0.6) is 5.88 Å². The van der Waals surface area contributed by atoms with Gasteiger partial charge in [0.25, 0.3) is 0 Å². The zero-order valence-electron chi connectivity index (χ0n) is 13.4. The highest BCUT2D eigenvalue weighted by Gasteiger charge is 2.20. The predicted octanol–water partition coefficient (Wildman–Crippen LogP) is 2.05. The summed E-state index contributed by atoms with van der Waals surface area (Å²) in [6.07, 6.45) is 4.02. The molecule has 0 aromatic carbocycles. The number of hydrogen-bond acceptors (Lipinski definition) is 4. The number of carbonyl (C=O) groups is 1. The fourth-order valence-corrected chi connectivity index (χ4v) is 2.49. The maximum absolute atomic E-state index is 12.1. The van der Waals surface area contributed by atoms with Crippen LogP contribution in [0, 0.1) is 5.92 Å². The summed E-state index contributed by atoms with van der Waals surface area (Å²) in [5.74, 6) is 1.15. The predicted molar refractivity (Wildman–Crippen MR) is 83.8 cm³/mol. The van der Waals surface area contributed by atoms with Crippen LogP contribution in [0.3, 0.4) is 0 Å². The molecule has 0 saturated carbocycles. The van der Waals surface area contributed by atoms with Crippen molar-refractivity contribution in [3.8, 4) is 5.88 Å². The molecule has 6 heteroatoms. The molecule has 6 nitrogen and oxygen atoms in total. The summed E-state index contributed by atoms with van der Waals surface area (Å²) in [4.78, 5) is 18.2. The number of hydrogen-bond donors (Lipinski definition) is 1. The molecule has 22 heavy (non-hydrogen) atoms. The van der Waals surface area contributed by atoms with E-state index in [4.69, 9.17) is 9.47 Å². The highest BCUT2D eigenvalue weighted by Crippen LogP contribution is 2.15. The quantitative estimate of drug-likeness (QED) is 0.817. The van der Waals surface area contributed by atoms with E-state index in [0.29, 0.717) is 31.6 Å². The van der Waals surface area contributed by atoms with Crippen LogP contribution in [0.15, 0.2) is 18.3 Å². The van der Waals surface area contributed by atoms with E-state index >= 15 is 0 Å². The third-order valence-corrected chi connectivity index (χ3v) is 3.72. The summed E-state index contributed by atoms with van der Waals surface area (Å²) in [5.41, 5.74) is 0.956. The number of likely N-dealkylation sites (tertiary alicyclic amines) is 1. The first kappa shape index (κ1) is 16.5. The lowest BCUT2D eigenvalue weighted by Gasteiger charge is -2.30. The largest absolute Gasteiger partial charge is 0.475 e. The average Bonchev–Trinajstić information content (AvgIpc) is 2.54.